The summed E-state index contributed by atoms with van der Waals surface area (Å²) in [5.74, 6) is 0.386. The Hall–Kier alpha value is -0.120. The minimum absolute atomic E-state index is 0.286. The number of nitrogens with two attached hydrogens (primary N) is 1. The van der Waals surface area contributed by atoms with Gasteiger partial charge in [-0.15, -0.1) is 0 Å². The Balaban J connectivity index is 2.30. The molecule has 0 aliphatic carbocycles. The van der Waals surface area contributed by atoms with Crippen molar-refractivity contribution < 1.29 is 5.11 Å². The summed E-state index contributed by atoms with van der Waals surface area (Å²) in [5.41, 5.74) is 5.64. The molecule has 0 spiro atoms. The van der Waals surface area contributed by atoms with E-state index in [9.17, 15) is 0 Å². The van der Waals surface area contributed by atoms with Crippen LogP contribution in [-0.4, -0.2) is 42.3 Å². The summed E-state index contributed by atoms with van der Waals surface area (Å²) in [4.78, 5) is 2.40. The molecule has 0 saturated carbocycles. The summed E-state index contributed by atoms with van der Waals surface area (Å²) in [6.45, 7) is 5.28. The van der Waals surface area contributed by atoms with E-state index in [2.05, 4.69) is 11.8 Å². The Bertz CT molecular complexity index is 130. The molecule has 0 aromatic heterocycles. The van der Waals surface area contributed by atoms with Crippen LogP contribution in [0.2, 0.25) is 0 Å². The zero-order valence-electron chi connectivity index (χ0n) is 7.87. The molecule has 0 aromatic rings. The third-order valence-electron chi connectivity index (χ3n) is 2.63. The lowest BCUT2D eigenvalue weighted by molar-refractivity contribution is 0.166. The maximum atomic E-state index is 8.90. The number of rotatable bonds is 4. The molecule has 2 unspecified atom stereocenters. The third-order valence-corrected chi connectivity index (χ3v) is 2.63. The molecule has 2 atom stereocenters. The highest BCUT2D eigenvalue weighted by Gasteiger charge is 2.23. The van der Waals surface area contributed by atoms with Gasteiger partial charge in [-0.25, -0.2) is 0 Å². The van der Waals surface area contributed by atoms with Crippen molar-refractivity contribution in [2.24, 2.45) is 11.7 Å². The second-order valence-corrected chi connectivity index (χ2v) is 3.81. The molecule has 1 rings (SSSR count). The Morgan fingerprint density at radius 3 is 3.00 bits per heavy atom. The molecule has 3 nitrogen and oxygen atoms in total. The van der Waals surface area contributed by atoms with E-state index in [4.69, 9.17) is 10.8 Å². The van der Waals surface area contributed by atoms with Crippen LogP contribution in [0.1, 0.15) is 19.8 Å². The zero-order chi connectivity index (χ0) is 8.97. The minimum atomic E-state index is 0.286. The first-order valence-corrected chi connectivity index (χ1v) is 4.83. The Labute approximate surface area is 74.5 Å². The van der Waals surface area contributed by atoms with Gasteiger partial charge in [0, 0.05) is 25.7 Å². The molecule has 1 fully saturated rings. The van der Waals surface area contributed by atoms with Gasteiger partial charge in [0.1, 0.15) is 0 Å². The summed E-state index contributed by atoms with van der Waals surface area (Å²) in [6, 6.07) is 0.569. The first kappa shape index (κ1) is 9.96. The first-order valence-electron chi connectivity index (χ1n) is 4.83. The molecular formula is C9H20N2O. The number of aliphatic hydroxyl groups is 1. The van der Waals surface area contributed by atoms with Crippen LogP contribution in [0.25, 0.3) is 0 Å². The average Bonchev–Trinajstić information content (AvgIpc) is 2.51. The molecule has 3 heteroatoms. The summed E-state index contributed by atoms with van der Waals surface area (Å²) < 4.78 is 0. The maximum Gasteiger partial charge on any atom is 0.0468 e. The SMILES string of the molecule is CC(CO)CN1CCCC1CN. The van der Waals surface area contributed by atoms with Gasteiger partial charge in [-0.3, -0.25) is 4.90 Å². The van der Waals surface area contributed by atoms with Gasteiger partial charge in [0.25, 0.3) is 0 Å². The third kappa shape index (κ3) is 2.44. The fraction of sp³-hybridized carbons (Fsp3) is 1.00. The van der Waals surface area contributed by atoms with Crippen molar-refractivity contribution in [1.82, 2.24) is 4.90 Å². The standard InChI is InChI=1S/C9H20N2O/c1-8(7-12)6-11-4-2-3-9(11)5-10/h8-9,12H,2-7,10H2,1H3. The van der Waals surface area contributed by atoms with E-state index in [1.54, 1.807) is 0 Å². The summed E-state index contributed by atoms with van der Waals surface area (Å²) >= 11 is 0. The fourth-order valence-corrected chi connectivity index (χ4v) is 1.86. The van der Waals surface area contributed by atoms with Crippen LogP contribution in [-0.2, 0) is 0 Å². The monoisotopic (exact) mass is 172 g/mol. The smallest absolute Gasteiger partial charge is 0.0468 e. The van der Waals surface area contributed by atoms with Crippen LogP contribution >= 0.6 is 0 Å². The van der Waals surface area contributed by atoms with Crippen LogP contribution in [0.4, 0.5) is 0 Å². The molecule has 3 N–H and O–H groups in total. The topological polar surface area (TPSA) is 49.5 Å². The lowest BCUT2D eigenvalue weighted by Crippen LogP contribution is -2.38. The van der Waals surface area contributed by atoms with Gasteiger partial charge in [0.2, 0.25) is 0 Å². The van der Waals surface area contributed by atoms with Crippen molar-refractivity contribution in [3.05, 3.63) is 0 Å². The van der Waals surface area contributed by atoms with Crippen molar-refractivity contribution in [2.75, 3.05) is 26.2 Å². The lowest BCUT2D eigenvalue weighted by atomic mass is 10.1. The predicted molar refractivity (Wildman–Crippen MR) is 49.9 cm³/mol. The van der Waals surface area contributed by atoms with Crippen LogP contribution in [0.5, 0.6) is 0 Å². The molecular weight excluding hydrogens is 152 g/mol. The van der Waals surface area contributed by atoms with E-state index in [0.29, 0.717) is 12.0 Å². The van der Waals surface area contributed by atoms with Crippen LogP contribution in [0.3, 0.4) is 0 Å². The van der Waals surface area contributed by atoms with Gasteiger partial charge in [-0.1, -0.05) is 6.92 Å². The van der Waals surface area contributed by atoms with Crippen molar-refractivity contribution >= 4 is 0 Å². The van der Waals surface area contributed by atoms with Crippen LogP contribution in [0, 0.1) is 5.92 Å². The maximum absolute atomic E-state index is 8.90. The molecule has 0 bridgehead atoms. The van der Waals surface area contributed by atoms with Crippen LogP contribution in [0.15, 0.2) is 0 Å². The van der Waals surface area contributed by atoms with Crippen molar-refractivity contribution in [1.29, 1.82) is 0 Å². The van der Waals surface area contributed by atoms with E-state index in [-0.39, 0.29) is 6.61 Å². The van der Waals surface area contributed by atoms with E-state index in [1.807, 2.05) is 0 Å². The highest BCUT2D eigenvalue weighted by Crippen LogP contribution is 2.17. The van der Waals surface area contributed by atoms with E-state index < -0.39 is 0 Å². The Morgan fingerprint density at radius 2 is 2.42 bits per heavy atom. The number of likely N-dealkylation sites (tertiary alicyclic amines) is 1. The predicted octanol–water partition coefficient (Wildman–Crippen LogP) is 0.0379. The normalized spacial score (nSPS) is 27.8. The average molecular weight is 172 g/mol. The van der Waals surface area contributed by atoms with Gasteiger partial charge >= 0.3 is 0 Å². The second kappa shape index (κ2) is 4.80. The quantitative estimate of drug-likeness (QED) is 0.629. The summed E-state index contributed by atoms with van der Waals surface area (Å²) in [5, 5.41) is 8.90. The number of aliphatic hydroxyl groups excluding tert-OH is 1. The highest BCUT2D eigenvalue weighted by molar-refractivity contribution is 4.80. The Kier molecular flexibility index (Phi) is 3.98. The zero-order valence-corrected chi connectivity index (χ0v) is 7.87. The van der Waals surface area contributed by atoms with E-state index >= 15 is 0 Å². The van der Waals surface area contributed by atoms with Gasteiger partial charge < -0.3 is 10.8 Å². The van der Waals surface area contributed by atoms with Gasteiger partial charge in [-0.05, 0) is 25.3 Å². The lowest BCUT2D eigenvalue weighted by Gasteiger charge is -2.25. The summed E-state index contributed by atoms with van der Waals surface area (Å²) in [7, 11) is 0. The molecule has 12 heavy (non-hydrogen) atoms. The van der Waals surface area contributed by atoms with E-state index in [0.717, 1.165) is 19.6 Å². The molecule has 72 valence electrons. The molecule has 1 heterocycles. The Morgan fingerprint density at radius 1 is 1.67 bits per heavy atom. The van der Waals surface area contributed by atoms with Crippen molar-refractivity contribution in [3.63, 3.8) is 0 Å². The molecule has 0 amide bonds. The van der Waals surface area contributed by atoms with Gasteiger partial charge in [0.05, 0.1) is 0 Å². The minimum Gasteiger partial charge on any atom is -0.396 e. The van der Waals surface area contributed by atoms with Gasteiger partial charge in [0.15, 0.2) is 0 Å². The molecule has 0 aromatic carbocycles. The molecule has 1 aliphatic heterocycles. The number of nitrogens with zero attached hydrogens (tertiary/aromatic N) is 1. The fourth-order valence-electron chi connectivity index (χ4n) is 1.86. The van der Waals surface area contributed by atoms with Crippen molar-refractivity contribution in [3.8, 4) is 0 Å². The van der Waals surface area contributed by atoms with E-state index in [1.165, 1.54) is 12.8 Å². The first-order chi connectivity index (χ1) is 5.77. The van der Waals surface area contributed by atoms with Crippen molar-refractivity contribution in [2.45, 2.75) is 25.8 Å². The largest absolute Gasteiger partial charge is 0.396 e. The second-order valence-electron chi connectivity index (χ2n) is 3.81. The number of hydrogen-bond donors (Lipinski definition) is 2. The number of hydrogen-bond acceptors (Lipinski definition) is 3. The summed E-state index contributed by atoms with van der Waals surface area (Å²) in [6.07, 6.45) is 2.49. The molecule has 1 aliphatic rings. The van der Waals surface area contributed by atoms with Gasteiger partial charge in [-0.2, -0.15) is 0 Å². The van der Waals surface area contributed by atoms with Crippen LogP contribution < -0.4 is 5.73 Å². The molecule has 1 saturated heterocycles. The highest BCUT2D eigenvalue weighted by atomic mass is 16.3. The molecule has 0 radical (unpaired) electrons.